The highest BCUT2D eigenvalue weighted by Crippen LogP contribution is 2.23. The molecule has 0 saturated heterocycles. The van der Waals surface area contributed by atoms with Gasteiger partial charge in [-0.05, 0) is 11.6 Å². The molecule has 0 aromatic carbocycles. The van der Waals surface area contributed by atoms with Crippen molar-refractivity contribution in [3.05, 3.63) is 0 Å². The van der Waals surface area contributed by atoms with E-state index >= 15 is 0 Å². The van der Waals surface area contributed by atoms with Gasteiger partial charge in [0.15, 0.2) is 0 Å². The highest BCUT2D eigenvalue weighted by Gasteiger charge is 2.31. The van der Waals surface area contributed by atoms with Gasteiger partial charge >= 0.3 is 0 Å². The molecule has 0 aliphatic rings. The second kappa shape index (κ2) is 2.87. The minimum Gasteiger partial charge on any atom is -0.343 e. The van der Waals surface area contributed by atoms with Crippen LogP contribution in [0.5, 0.6) is 0 Å². The lowest BCUT2D eigenvalue weighted by Gasteiger charge is -2.09. The number of halogens is 3. The summed E-state index contributed by atoms with van der Waals surface area (Å²) in [6.07, 6.45) is 0. The van der Waals surface area contributed by atoms with Crippen molar-refractivity contribution in [1.82, 2.24) is 0 Å². The first-order valence-corrected chi connectivity index (χ1v) is 2.77. The zero-order valence-electron chi connectivity index (χ0n) is 3.95. The summed E-state index contributed by atoms with van der Waals surface area (Å²) < 4.78 is 2.36. The molecule has 5 heteroatoms. The molecule has 0 fully saturated rings. The predicted molar refractivity (Wildman–Crippen MR) is 32.3 cm³/mol. The molecular formula is C3H3Cl3O2. The Morgan fingerprint density at radius 2 is 2.00 bits per heavy atom. The average Bonchev–Trinajstić information content (AvgIpc) is 1.67. The van der Waals surface area contributed by atoms with Crippen LogP contribution in [0.2, 0.25) is 0 Å². The van der Waals surface area contributed by atoms with E-state index in [1.807, 2.05) is 0 Å². The standard InChI is InChI=1S/C3H3Cl3O2/c1-8-3(5,6)2(4)7/h1H3. The van der Waals surface area contributed by atoms with Crippen molar-refractivity contribution < 1.29 is 9.53 Å². The molecule has 0 N–H and O–H groups in total. The molecule has 0 radical (unpaired) electrons. The molecule has 8 heavy (non-hydrogen) atoms. The first-order valence-electron chi connectivity index (χ1n) is 1.63. The molecule has 0 heterocycles. The molecule has 48 valence electrons. The van der Waals surface area contributed by atoms with E-state index in [0.717, 1.165) is 0 Å². The lowest BCUT2D eigenvalue weighted by Crippen LogP contribution is -2.22. The van der Waals surface area contributed by atoms with Gasteiger partial charge in [-0.15, -0.1) is 0 Å². The van der Waals surface area contributed by atoms with Gasteiger partial charge in [-0.1, -0.05) is 23.2 Å². The minimum atomic E-state index is -1.89. The number of rotatable bonds is 2. The van der Waals surface area contributed by atoms with Crippen molar-refractivity contribution >= 4 is 40.0 Å². The first kappa shape index (κ1) is 8.50. The normalized spacial score (nSPS) is 11.5. The van der Waals surface area contributed by atoms with Gasteiger partial charge in [0.25, 0.3) is 9.76 Å². The van der Waals surface area contributed by atoms with Gasteiger partial charge in [0.2, 0.25) is 0 Å². The Hall–Kier alpha value is 0.500. The molecule has 0 unspecified atom stereocenters. The van der Waals surface area contributed by atoms with E-state index < -0.39 is 9.76 Å². The monoisotopic (exact) mass is 176 g/mol. The third kappa shape index (κ3) is 2.18. The Bertz CT molecular complexity index is 101. The summed E-state index contributed by atoms with van der Waals surface area (Å²) in [6.45, 7) is 0. The SMILES string of the molecule is COC(Cl)(Cl)C(=O)Cl. The fraction of sp³-hybridized carbons (Fsp3) is 0.667. The number of ether oxygens (including phenoxy) is 1. The fourth-order valence-corrected chi connectivity index (χ4v) is 0.157. The predicted octanol–water partition coefficient (Wildman–Crippen LogP) is 1.53. The largest absolute Gasteiger partial charge is 0.343 e. The van der Waals surface area contributed by atoms with Crippen LogP contribution in [0.4, 0.5) is 0 Å². The lowest BCUT2D eigenvalue weighted by atomic mass is 10.8. The Labute approximate surface area is 61.7 Å². The highest BCUT2D eigenvalue weighted by atomic mass is 35.5. The summed E-state index contributed by atoms with van der Waals surface area (Å²) in [6, 6.07) is 0. The molecular weight excluding hydrogens is 174 g/mol. The minimum absolute atomic E-state index is 0.941. The van der Waals surface area contributed by atoms with E-state index in [-0.39, 0.29) is 0 Å². The summed E-state index contributed by atoms with van der Waals surface area (Å²) in [5.41, 5.74) is 0. The zero-order chi connectivity index (χ0) is 6.78. The molecule has 0 spiro atoms. The number of hydrogen-bond acceptors (Lipinski definition) is 2. The van der Waals surface area contributed by atoms with E-state index in [0.29, 0.717) is 0 Å². The molecule has 0 rings (SSSR count). The van der Waals surface area contributed by atoms with Gasteiger partial charge in [-0.3, -0.25) is 4.79 Å². The second-order valence-corrected chi connectivity index (χ2v) is 2.60. The number of methoxy groups -OCH3 is 1. The van der Waals surface area contributed by atoms with Crippen LogP contribution in [0.15, 0.2) is 0 Å². The smallest absolute Gasteiger partial charge is 0.293 e. The Morgan fingerprint density at radius 3 is 2.00 bits per heavy atom. The van der Waals surface area contributed by atoms with Gasteiger partial charge < -0.3 is 4.74 Å². The van der Waals surface area contributed by atoms with Gasteiger partial charge in [0.05, 0.1) is 0 Å². The maximum Gasteiger partial charge on any atom is 0.293 e. The molecule has 0 atom stereocenters. The molecule has 0 amide bonds. The summed E-state index contributed by atoms with van der Waals surface area (Å²) in [5, 5.41) is -0.941. The summed E-state index contributed by atoms with van der Waals surface area (Å²) in [4.78, 5) is 10.1. The van der Waals surface area contributed by atoms with Crippen molar-refractivity contribution in [1.29, 1.82) is 0 Å². The van der Waals surface area contributed by atoms with E-state index in [2.05, 4.69) is 4.74 Å². The van der Waals surface area contributed by atoms with Gasteiger partial charge in [0.1, 0.15) is 0 Å². The number of alkyl halides is 2. The number of carbonyl (C=O) groups is 1. The lowest BCUT2D eigenvalue weighted by molar-refractivity contribution is -0.119. The topological polar surface area (TPSA) is 26.3 Å². The molecule has 0 saturated carbocycles. The van der Waals surface area contributed by atoms with Crippen LogP contribution < -0.4 is 0 Å². The quantitative estimate of drug-likeness (QED) is 0.472. The maximum absolute atomic E-state index is 10.1. The van der Waals surface area contributed by atoms with E-state index in [9.17, 15) is 4.79 Å². The summed E-state index contributed by atoms with van der Waals surface area (Å²) >= 11 is 15.1. The Balaban J connectivity index is 3.91. The van der Waals surface area contributed by atoms with Gasteiger partial charge in [-0.2, -0.15) is 0 Å². The van der Waals surface area contributed by atoms with Gasteiger partial charge in [-0.25, -0.2) is 0 Å². The number of carbonyl (C=O) groups excluding carboxylic acids is 1. The number of hydrogen-bond donors (Lipinski definition) is 0. The van der Waals surface area contributed by atoms with Crippen molar-refractivity contribution in [2.45, 2.75) is 4.52 Å². The second-order valence-electron chi connectivity index (χ2n) is 0.995. The molecule has 0 aliphatic heterocycles. The van der Waals surface area contributed by atoms with E-state index in [1.165, 1.54) is 7.11 Å². The molecule has 0 aromatic rings. The maximum atomic E-state index is 10.1. The van der Waals surface area contributed by atoms with Crippen molar-refractivity contribution in [3.8, 4) is 0 Å². The molecule has 0 aromatic heterocycles. The molecule has 0 aliphatic carbocycles. The Morgan fingerprint density at radius 1 is 1.62 bits per heavy atom. The van der Waals surface area contributed by atoms with Crippen molar-refractivity contribution in [2.75, 3.05) is 7.11 Å². The first-order chi connectivity index (χ1) is 3.50. The van der Waals surface area contributed by atoms with E-state index in [1.54, 1.807) is 0 Å². The van der Waals surface area contributed by atoms with Crippen LogP contribution in [0.1, 0.15) is 0 Å². The van der Waals surface area contributed by atoms with Crippen LogP contribution in [-0.4, -0.2) is 16.9 Å². The summed E-state index contributed by atoms with van der Waals surface area (Å²) in [5.74, 6) is 0. The van der Waals surface area contributed by atoms with Crippen molar-refractivity contribution in [2.24, 2.45) is 0 Å². The molecule has 2 nitrogen and oxygen atoms in total. The third-order valence-corrected chi connectivity index (χ3v) is 1.60. The van der Waals surface area contributed by atoms with Crippen molar-refractivity contribution in [3.63, 3.8) is 0 Å². The van der Waals surface area contributed by atoms with Crippen LogP contribution >= 0.6 is 34.8 Å². The van der Waals surface area contributed by atoms with Crippen LogP contribution in [0, 0.1) is 0 Å². The van der Waals surface area contributed by atoms with Crippen LogP contribution in [0.25, 0.3) is 0 Å². The van der Waals surface area contributed by atoms with E-state index in [4.69, 9.17) is 34.8 Å². The molecule has 0 bridgehead atoms. The Kier molecular flexibility index (Phi) is 3.05. The van der Waals surface area contributed by atoms with Crippen LogP contribution in [-0.2, 0) is 9.53 Å². The highest BCUT2D eigenvalue weighted by molar-refractivity contribution is 6.77. The zero-order valence-corrected chi connectivity index (χ0v) is 6.22. The van der Waals surface area contributed by atoms with Crippen LogP contribution in [0.3, 0.4) is 0 Å². The van der Waals surface area contributed by atoms with Gasteiger partial charge in [0, 0.05) is 7.11 Å². The third-order valence-electron chi connectivity index (χ3n) is 0.485. The average molecular weight is 177 g/mol. The fourth-order valence-electron chi connectivity index (χ4n) is 0.0802. The summed E-state index contributed by atoms with van der Waals surface area (Å²) in [7, 11) is 1.18.